The van der Waals surface area contributed by atoms with Crippen molar-refractivity contribution in [1.82, 2.24) is 0 Å². The van der Waals surface area contributed by atoms with Crippen LogP contribution in [0, 0.1) is 5.92 Å². The molecular weight excluding hydrogens is 163 g/mol. The first-order chi connectivity index (χ1) is 5.11. The van der Waals surface area contributed by atoms with E-state index < -0.39 is 0 Å². The van der Waals surface area contributed by atoms with E-state index in [2.05, 4.69) is 0 Å². The van der Waals surface area contributed by atoms with Crippen molar-refractivity contribution in [3.63, 3.8) is 0 Å². The summed E-state index contributed by atoms with van der Waals surface area (Å²) in [6, 6.07) is 0. The van der Waals surface area contributed by atoms with Crippen molar-refractivity contribution in [2.45, 2.75) is 13.8 Å². The fourth-order valence-electron chi connectivity index (χ4n) is 0.867. The molecule has 1 aliphatic carbocycles. The molecule has 0 nitrogen and oxygen atoms in total. The average molecular weight is 173 g/mol. The second-order valence-corrected chi connectivity index (χ2v) is 3.14. The Morgan fingerprint density at radius 1 is 1.45 bits per heavy atom. The van der Waals surface area contributed by atoms with Gasteiger partial charge in [0, 0.05) is 11.0 Å². The molecule has 1 aliphatic rings. The molecule has 0 amide bonds. The zero-order valence-corrected chi connectivity index (χ0v) is 7.32. The van der Waals surface area contributed by atoms with E-state index in [1.165, 1.54) is 6.08 Å². The maximum atomic E-state index is 13.0. The molecule has 11 heavy (non-hydrogen) atoms. The summed E-state index contributed by atoms with van der Waals surface area (Å²) >= 11 is 5.81. The summed E-state index contributed by atoms with van der Waals surface area (Å²) in [6.45, 7) is 3.59. The van der Waals surface area contributed by atoms with Crippen LogP contribution in [-0.2, 0) is 0 Å². The van der Waals surface area contributed by atoms with Crippen LogP contribution in [-0.4, -0.2) is 0 Å². The first-order valence-electron chi connectivity index (χ1n) is 3.53. The summed E-state index contributed by atoms with van der Waals surface area (Å²) in [5.41, 5.74) is 0.632. The van der Waals surface area contributed by atoms with Crippen molar-refractivity contribution in [2.75, 3.05) is 0 Å². The molecule has 1 atom stereocenters. The van der Waals surface area contributed by atoms with Gasteiger partial charge in [-0.1, -0.05) is 24.6 Å². The highest BCUT2D eigenvalue weighted by molar-refractivity contribution is 6.30. The third-order valence-corrected chi connectivity index (χ3v) is 2.17. The number of allylic oxidation sites excluding steroid dienone is 6. The monoisotopic (exact) mass is 172 g/mol. The third kappa shape index (κ3) is 1.93. The minimum Gasteiger partial charge on any atom is -0.207 e. The maximum absolute atomic E-state index is 13.0. The Morgan fingerprint density at radius 2 is 2.09 bits per heavy atom. The number of hydrogen-bond acceptors (Lipinski definition) is 0. The molecule has 0 radical (unpaired) electrons. The van der Waals surface area contributed by atoms with E-state index in [0.717, 1.165) is 0 Å². The number of rotatable bonds is 0. The molecule has 0 saturated carbocycles. The number of hydrogen-bond donors (Lipinski definition) is 0. The molecule has 0 heterocycles. The van der Waals surface area contributed by atoms with Crippen LogP contribution in [0.3, 0.4) is 0 Å². The van der Waals surface area contributed by atoms with Crippen molar-refractivity contribution in [1.29, 1.82) is 0 Å². The Balaban J connectivity index is 3.01. The van der Waals surface area contributed by atoms with Crippen LogP contribution in [0.15, 0.2) is 34.7 Å². The van der Waals surface area contributed by atoms with E-state index in [1.54, 1.807) is 19.1 Å². The first-order valence-corrected chi connectivity index (χ1v) is 3.90. The van der Waals surface area contributed by atoms with Crippen LogP contribution in [0.1, 0.15) is 13.8 Å². The molecule has 0 N–H and O–H groups in total. The van der Waals surface area contributed by atoms with Crippen LogP contribution >= 0.6 is 11.6 Å². The molecule has 0 spiro atoms. The minimum atomic E-state index is -0.176. The Kier molecular flexibility index (Phi) is 2.50. The molecule has 0 saturated heterocycles. The fraction of sp³-hybridized carbons (Fsp3) is 0.333. The Morgan fingerprint density at radius 3 is 2.73 bits per heavy atom. The molecule has 0 fully saturated rings. The van der Waals surface area contributed by atoms with Gasteiger partial charge in [0.05, 0.1) is 0 Å². The highest BCUT2D eigenvalue weighted by Gasteiger charge is 2.08. The van der Waals surface area contributed by atoms with Gasteiger partial charge in [-0.15, -0.1) is 0 Å². The Labute approximate surface area is 71.1 Å². The molecule has 60 valence electrons. The second-order valence-electron chi connectivity index (χ2n) is 2.70. The van der Waals surface area contributed by atoms with Gasteiger partial charge in [0.1, 0.15) is 5.83 Å². The summed E-state index contributed by atoms with van der Waals surface area (Å²) in [5.74, 6) is -0.185. The molecule has 0 aromatic carbocycles. The standard InChI is InChI=1S/C9H10ClF/c1-6-3-4-8(10)7(2)5-9(6)11/h3-5,7H,1-2H3/t7-/m1/s1. The summed E-state index contributed by atoms with van der Waals surface area (Å²) in [7, 11) is 0. The van der Waals surface area contributed by atoms with Crippen molar-refractivity contribution in [3.05, 3.63) is 34.7 Å². The third-order valence-electron chi connectivity index (χ3n) is 1.70. The van der Waals surface area contributed by atoms with E-state index in [9.17, 15) is 4.39 Å². The Bertz CT molecular complexity index is 248. The van der Waals surface area contributed by atoms with E-state index in [1.807, 2.05) is 6.92 Å². The lowest BCUT2D eigenvalue weighted by molar-refractivity contribution is 0.638. The average Bonchev–Trinajstić information content (AvgIpc) is 2.05. The SMILES string of the molecule is CC1=CC=C(Cl)[C@H](C)C=C1F. The normalized spacial score (nSPS) is 25.1. The van der Waals surface area contributed by atoms with Gasteiger partial charge in [0.2, 0.25) is 0 Å². The predicted octanol–water partition coefficient (Wildman–Crippen LogP) is 3.56. The summed E-state index contributed by atoms with van der Waals surface area (Å²) in [5, 5.41) is 0.678. The lowest BCUT2D eigenvalue weighted by Crippen LogP contribution is -1.88. The Hall–Kier alpha value is -0.560. The van der Waals surface area contributed by atoms with Crippen LogP contribution in [0.25, 0.3) is 0 Å². The molecule has 0 aromatic rings. The minimum absolute atomic E-state index is 0.00892. The van der Waals surface area contributed by atoms with E-state index in [0.29, 0.717) is 10.6 Å². The smallest absolute Gasteiger partial charge is 0.122 e. The van der Waals surface area contributed by atoms with Crippen molar-refractivity contribution >= 4 is 11.6 Å². The van der Waals surface area contributed by atoms with E-state index in [-0.39, 0.29) is 11.7 Å². The van der Waals surface area contributed by atoms with E-state index >= 15 is 0 Å². The summed E-state index contributed by atoms with van der Waals surface area (Å²) < 4.78 is 13.0. The van der Waals surface area contributed by atoms with Crippen LogP contribution in [0.4, 0.5) is 4.39 Å². The molecule has 0 bridgehead atoms. The fourth-order valence-corrected chi connectivity index (χ4v) is 0.993. The highest BCUT2D eigenvalue weighted by atomic mass is 35.5. The quantitative estimate of drug-likeness (QED) is 0.524. The summed E-state index contributed by atoms with van der Waals surface area (Å²) in [4.78, 5) is 0. The topological polar surface area (TPSA) is 0 Å². The summed E-state index contributed by atoms with van der Waals surface area (Å²) in [6.07, 6.45) is 4.96. The zero-order valence-electron chi connectivity index (χ0n) is 6.57. The number of halogens is 2. The van der Waals surface area contributed by atoms with Gasteiger partial charge in [-0.3, -0.25) is 0 Å². The molecule has 2 heteroatoms. The maximum Gasteiger partial charge on any atom is 0.122 e. The molecule has 1 rings (SSSR count). The molecular formula is C9H10ClF. The van der Waals surface area contributed by atoms with Crippen LogP contribution in [0.5, 0.6) is 0 Å². The largest absolute Gasteiger partial charge is 0.207 e. The van der Waals surface area contributed by atoms with E-state index in [4.69, 9.17) is 11.6 Å². The molecule has 0 aliphatic heterocycles. The van der Waals surface area contributed by atoms with Crippen molar-refractivity contribution in [2.24, 2.45) is 5.92 Å². The second kappa shape index (κ2) is 3.22. The predicted molar refractivity (Wildman–Crippen MR) is 46.0 cm³/mol. The highest BCUT2D eigenvalue weighted by Crippen LogP contribution is 2.25. The van der Waals surface area contributed by atoms with Crippen molar-refractivity contribution < 1.29 is 4.39 Å². The first kappa shape index (κ1) is 8.54. The lowest BCUT2D eigenvalue weighted by atomic mass is 10.1. The van der Waals surface area contributed by atoms with Crippen LogP contribution in [0.2, 0.25) is 0 Å². The van der Waals surface area contributed by atoms with Gasteiger partial charge in [-0.05, 0) is 24.6 Å². The molecule has 0 aromatic heterocycles. The molecule has 0 unspecified atom stereocenters. The van der Waals surface area contributed by atoms with Gasteiger partial charge in [-0.2, -0.15) is 0 Å². The zero-order chi connectivity index (χ0) is 8.43. The van der Waals surface area contributed by atoms with Crippen molar-refractivity contribution in [3.8, 4) is 0 Å². The van der Waals surface area contributed by atoms with Gasteiger partial charge in [0.15, 0.2) is 0 Å². The lowest BCUT2D eigenvalue weighted by Gasteiger charge is -2.01. The van der Waals surface area contributed by atoms with Gasteiger partial charge < -0.3 is 0 Å². The van der Waals surface area contributed by atoms with Gasteiger partial charge in [-0.25, -0.2) is 4.39 Å². The van der Waals surface area contributed by atoms with Crippen LogP contribution < -0.4 is 0 Å². The van der Waals surface area contributed by atoms with Gasteiger partial charge >= 0.3 is 0 Å². The van der Waals surface area contributed by atoms with Gasteiger partial charge in [0.25, 0.3) is 0 Å².